The molecule has 0 radical (unpaired) electrons. The molecule has 4 nitrogen and oxygen atoms in total. The van der Waals surface area contributed by atoms with Gasteiger partial charge in [0, 0.05) is 17.7 Å². The molecule has 2 aromatic carbocycles. The van der Waals surface area contributed by atoms with Gasteiger partial charge in [-0.25, -0.2) is 4.39 Å². The van der Waals surface area contributed by atoms with Gasteiger partial charge in [0.1, 0.15) is 18.2 Å². The minimum absolute atomic E-state index is 0.0747. The first-order chi connectivity index (χ1) is 11.6. The summed E-state index contributed by atoms with van der Waals surface area (Å²) < 4.78 is 19.3. The maximum absolute atomic E-state index is 13.7. The van der Waals surface area contributed by atoms with Crippen LogP contribution in [0.1, 0.15) is 18.1 Å². The van der Waals surface area contributed by atoms with Crippen LogP contribution < -0.4 is 20.6 Å². The molecule has 0 fully saturated rings. The van der Waals surface area contributed by atoms with Gasteiger partial charge in [-0.05, 0) is 55.5 Å². The van der Waals surface area contributed by atoms with Crippen molar-refractivity contribution in [2.75, 3.05) is 6.54 Å². The van der Waals surface area contributed by atoms with E-state index in [4.69, 9.17) is 28.6 Å². The highest BCUT2D eigenvalue weighted by Gasteiger charge is 2.07. The molecule has 0 spiro atoms. The van der Waals surface area contributed by atoms with Crippen molar-refractivity contribution in [3.8, 4) is 5.75 Å². The Balaban J connectivity index is 1.90. The average Bonchev–Trinajstić information content (AvgIpc) is 2.56. The maximum Gasteiger partial charge on any atom is 0.223 e. The molecule has 0 aliphatic carbocycles. The molecule has 2 rings (SSSR count). The van der Waals surface area contributed by atoms with E-state index in [1.54, 1.807) is 30.5 Å². The lowest BCUT2D eigenvalue weighted by molar-refractivity contribution is -0.500. The van der Waals surface area contributed by atoms with Crippen molar-refractivity contribution < 1.29 is 14.2 Å². The van der Waals surface area contributed by atoms with Gasteiger partial charge in [0.05, 0.1) is 5.02 Å². The van der Waals surface area contributed by atoms with Crippen LogP contribution in [0.2, 0.25) is 5.02 Å². The van der Waals surface area contributed by atoms with Gasteiger partial charge in [-0.1, -0.05) is 17.7 Å². The molecule has 0 atom stereocenters. The van der Waals surface area contributed by atoms with E-state index in [0.717, 1.165) is 12.1 Å². The molecule has 126 valence electrons. The van der Waals surface area contributed by atoms with Crippen LogP contribution in [-0.4, -0.2) is 17.9 Å². The molecular formula is C17H18ClFN3OS+. The number of nitrogens with one attached hydrogen (secondary N) is 3. The second-order valence-corrected chi connectivity index (χ2v) is 5.65. The molecular weight excluding hydrogens is 349 g/mol. The minimum Gasteiger partial charge on any atom is -0.489 e. The standard InChI is InChI=1S/C17H17ClFN3OS/c1-2-20-17(24)22-21-10-12-6-8-13(9-7-12)23-11-14-15(18)4-3-5-16(14)19/h3-10H,2,11H2,1H3,(H2,20,22,24)/p+1. The molecule has 0 heterocycles. The number of thiocarbonyl (C=S) groups is 1. The Bertz CT molecular complexity index is 702. The van der Waals surface area contributed by atoms with E-state index in [1.165, 1.54) is 6.07 Å². The first kappa shape index (κ1) is 18.2. The Morgan fingerprint density at radius 3 is 2.71 bits per heavy atom. The van der Waals surface area contributed by atoms with E-state index in [0.29, 0.717) is 21.4 Å². The fraction of sp³-hybridized carbons (Fsp3) is 0.176. The van der Waals surface area contributed by atoms with E-state index in [1.807, 2.05) is 19.1 Å². The van der Waals surface area contributed by atoms with Crippen LogP contribution in [0.5, 0.6) is 5.75 Å². The molecule has 24 heavy (non-hydrogen) atoms. The smallest absolute Gasteiger partial charge is 0.223 e. The zero-order chi connectivity index (χ0) is 17.4. The van der Waals surface area contributed by atoms with Crippen molar-refractivity contribution in [1.82, 2.24) is 10.7 Å². The average molecular weight is 367 g/mol. The lowest BCUT2D eigenvalue weighted by Crippen LogP contribution is -2.82. The Morgan fingerprint density at radius 1 is 1.29 bits per heavy atom. The van der Waals surface area contributed by atoms with Crippen molar-refractivity contribution in [2.45, 2.75) is 13.5 Å². The topological polar surface area (TPSA) is 47.3 Å². The van der Waals surface area contributed by atoms with Gasteiger partial charge in [0.25, 0.3) is 0 Å². The summed E-state index contributed by atoms with van der Waals surface area (Å²) >= 11 is 11.0. The number of halogens is 2. The second kappa shape index (κ2) is 9.20. The summed E-state index contributed by atoms with van der Waals surface area (Å²) in [6.07, 6.45) is 1.77. The third-order valence-corrected chi connectivity index (χ3v) is 3.69. The van der Waals surface area contributed by atoms with Crippen LogP contribution in [-0.2, 0) is 6.61 Å². The number of hydrazone groups is 1. The molecule has 0 saturated heterocycles. The van der Waals surface area contributed by atoms with Crippen molar-refractivity contribution >= 4 is 35.1 Å². The van der Waals surface area contributed by atoms with Gasteiger partial charge in [-0.3, -0.25) is 0 Å². The van der Waals surface area contributed by atoms with E-state index < -0.39 is 0 Å². The largest absolute Gasteiger partial charge is 0.489 e. The summed E-state index contributed by atoms with van der Waals surface area (Å²) in [4.78, 5) is 0. The molecule has 0 bridgehead atoms. The van der Waals surface area contributed by atoms with Crippen LogP contribution in [0.15, 0.2) is 42.5 Å². The maximum atomic E-state index is 13.7. The van der Waals surface area contributed by atoms with Gasteiger partial charge < -0.3 is 10.1 Å². The summed E-state index contributed by atoms with van der Waals surface area (Å²) in [6.45, 7) is 2.79. The van der Waals surface area contributed by atoms with Gasteiger partial charge in [0.2, 0.25) is 5.11 Å². The Kier molecular flexibility index (Phi) is 6.96. The van der Waals surface area contributed by atoms with Crippen LogP contribution in [0.4, 0.5) is 4.39 Å². The quantitative estimate of drug-likeness (QED) is 0.415. The molecule has 0 aliphatic heterocycles. The molecule has 0 amide bonds. The van der Waals surface area contributed by atoms with Crippen LogP contribution in [0, 0.1) is 5.82 Å². The molecule has 0 unspecified atom stereocenters. The van der Waals surface area contributed by atoms with E-state index in [9.17, 15) is 4.39 Å². The van der Waals surface area contributed by atoms with Crippen molar-refractivity contribution in [3.05, 3.63) is 64.4 Å². The van der Waals surface area contributed by atoms with E-state index in [-0.39, 0.29) is 12.4 Å². The zero-order valence-electron chi connectivity index (χ0n) is 13.1. The first-order valence-electron chi connectivity index (χ1n) is 7.38. The Morgan fingerprint density at radius 2 is 2.04 bits per heavy atom. The molecule has 2 aromatic rings. The molecule has 0 saturated carbocycles. The number of rotatable bonds is 6. The number of benzene rings is 2. The highest BCUT2D eigenvalue weighted by molar-refractivity contribution is 7.80. The van der Waals surface area contributed by atoms with Gasteiger partial charge in [-0.2, -0.15) is 0 Å². The number of hydrogen-bond donors (Lipinski definition) is 3. The summed E-state index contributed by atoms with van der Waals surface area (Å²) in [7, 11) is 0. The second-order valence-electron chi connectivity index (χ2n) is 4.83. The summed E-state index contributed by atoms with van der Waals surface area (Å²) in [5.74, 6) is 0.252. The monoisotopic (exact) mass is 366 g/mol. The third kappa shape index (κ3) is 5.47. The van der Waals surface area contributed by atoms with Crippen molar-refractivity contribution in [2.24, 2.45) is 0 Å². The Hall–Kier alpha value is -2.18. The van der Waals surface area contributed by atoms with E-state index >= 15 is 0 Å². The molecule has 7 heteroatoms. The van der Waals surface area contributed by atoms with Crippen LogP contribution in [0.25, 0.3) is 0 Å². The van der Waals surface area contributed by atoms with Gasteiger partial charge in [0.15, 0.2) is 6.21 Å². The third-order valence-electron chi connectivity index (χ3n) is 3.09. The lowest BCUT2D eigenvalue weighted by Gasteiger charge is -2.08. The zero-order valence-corrected chi connectivity index (χ0v) is 14.7. The predicted molar refractivity (Wildman–Crippen MR) is 97.7 cm³/mol. The number of ether oxygens (including phenoxy) is 1. The van der Waals surface area contributed by atoms with E-state index in [2.05, 4.69) is 15.8 Å². The first-order valence-corrected chi connectivity index (χ1v) is 8.17. The van der Waals surface area contributed by atoms with Crippen molar-refractivity contribution in [3.63, 3.8) is 0 Å². The highest BCUT2D eigenvalue weighted by atomic mass is 35.5. The normalized spacial score (nSPS) is 10.6. The van der Waals surface area contributed by atoms with Crippen LogP contribution in [0.3, 0.4) is 0 Å². The minimum atomic E-state index is -0.376. The lowest BCUT2D eigenvalue weighted by atomic mass is 10.2. The number of hydrazine groups is 1. The predicted octanol–water partition coefficient (Wildman–Crippen LogP) is 1.96. The van der Waals surface area contributed by atoms with Gasteiger partial charge in [-0.15, -0.1) is 10.5 Å². The summed E-state index contributed by atoms with van der Waals surface area (Å²) in [5, 5.41) is 6.73. The molecule has 3 N–H and O–H groups in total. The highest BCUT2D eigenvalue weighted by Crippen LogP contribution is 2.21. The van der Waals surface area contributed by atoms with Crippen molar-refractivity contribution in [1.29, 1.82) is 0 Å². The molecule has 0 aliphatic rings. The fourth-order valence-electron chi connectivity index (χ4n) is 1.88. The van der Waals surface area contributed by atoms with Crippen LogP contribution >= 0.6 is 23.8 Å². The number of hydrogen-bond acceptors (Lipinski definition) is 2. The SMILES string of the molecule is CCNC(=S)N[NH+]=Cc1ccc(OCc2c(F)cccc2Cl)cc1. The fourth-order valence-corrected chi connectivity index (χ4v) is 2.30. The summed E-state index contributed by atoms with van der Waals surface area (Å²) in [5.41, 5.74) is 4.11. The Labute approximate surface area is 150 Å². The summed E-state index contributed by atoms with van der Waals surface area (Å²) in [6, 6.07) is 11.9. The van der Waals surface area contributed by atoms with Gasteiger partial charge >= 0.3 is 0 Å². The molecule has 0 aromatic heterocycles.